The summed E-state index contributed by atoms with van der Waals surface area (Å²) in [6.07, 6.45) is 2.62. The predicted octanol–water partition coefficient (Wildman–Crippen LogP) is 2.64. The molecule has 3 saturated heterocycles. The van der Waals surface area contributed by atoms with Crippen LogP contribution in [-0.2, 0) is 23.9 Å². The van der Waals surface area contributed by atoms with Crippen molar-refractivity contribution in [1.82, 2.24) is 15.1 Å². The maximum atomic E-state index is 13.1. The number of aryl methyl sites for hydroxylation is 1. The van der Waals surface area contributed by atoms with Crippen LogP contribution in [-0.4, -0.2) is 84.5 Å². The van der Waals surface area contributed by atoms with Gasteiger partial charge in [0.15, 0.2) is 6.61 Å². The molecule has 11 heteroatoms. The van der Waals surface area contributed by atoms with Crippen molar-refractivity contribution in [3.8, 4) is 5.75 Å². The summed E-state index contributed by atoms with van der Waals surface area (Å²) in [7, 11) is 0. The van der Waals surface area contributed by atoms with Crippen molar-refractivity contribution in [2.75, 3.05) is 44.2 Å². The van der Waals surface area contributed by atoms with E-state index in [9.17, 15) is 24.0 Å². The lowest BCUT2D eigenvalue weighted by Crippen LogP contribution is -2.49. The Bertz CT molecular complexity index is 1150. The molecule has 0 aromatic heterocycles. The van der Waals surface area contributed by atoms with Crippen molar-refractivity contribution in [2.24, 2.45) is 11.8 Å². The molecule has 218 valence electrons. The van der Waals surface area contributed by atoms with Crippen molar-refractivity contribution in [3.05, 3.63) is 23.8 Å². The number of hydrogen-bond acceptors (Lipinski definition) is 7. The highest BCUT2D eigenvalue weighted by Crippen LogP contribution is 2.28. The number of nitrogens with zero attached hydrogens (tertiary/aromatic N) is 3. The number of carbonyl (C=O) groups is 5. The smallest absolute Gasteiger partial charge is 0.328 e. The Kier molecular flexibility index (Phi) is 9.00. The minimum absolute atomic E-state index is 0.0987. The van der Waals surface area contributed by atoms with Crippen molar-refractivity contribution >= 4 is 35.4 Å². The summed E-state index contributed by atoms with van der Waals surface area (Å²) in [5, 5.41) is 2.31. The molecule has 3 fully saturated rings. The molecule has 1 N–H and O–H groups in total. The largest absolute Gasteiger partial charge is 0.484 e. The lowest BCUT2D eigenvalue weighted by molar-refractivity contribution is -0.162. The van der Waals surface area contributed by atoms with Crippen LogP contribution in [0.4, 0.5) is 10.5 Å². The summed E-state index contributed by atoms with van der Waals surface area (Å²) in [4.78, 5) is 67.1. The van der Waals surface area contributed by atoms with E-state index in [-0.39, 0.29) is 55.1 Å². The van der Waals surface area contributed by atoms with Gasteiger partial charge in [0.25, 0.3) is 5.91 Å². The summed E-state index contributed by atoms with van der Waals surface area (Å²) in [5.74, 6) is -0.402. The van der Waals surface area contributed by atoms with Gasteiger partial charge < -0.3 is 19.3 Å². The number of likely N-dealkylation sites (tertiary alicyclic amines) is 2. The van der Waals surface area contributed by atoms with E-state index in [0.717, 1.165) is 5.56 Å². The molecule has 40 heavy (non-hydrogen) atoms. The average molecular weight is 557 g/mol. The zero-order valence-corrected chi connectivity index (χ0v) is 23.9. The zero-order chi connectivity index (χ0) is 29.0. The van der Waals surface area contributed by atoms with E-state index in [1.807, 2.05) is 38.7 Å². The molecule has 0 radical (unpaired) electrons. The standard InChI is InChI=1S/C29H40N4O7/c1-19-5-6-22(17-23(19)33-16-11-24(34)30-28(33)38)39-18-25(35)31-12-7-20(8-13-31)26(36)32-14-9-21(10-15-32)27(37)40-29(2,3)4/h5-6,17,20-21H,7-16,18H2,1-4H3,(H,30,34,38). The molecule has 0 aliphatic carbocycles. The fraction of sp³-hybridized carbons (Fsp3) is 0.621. The molecule has 3 aliphatic rings. The number of rotatable bonds is 6. The maximum Gasteiger partial charge on any atom is 0.328 e. The van der Waals surface area contributed by atoms with Crippen LogP contribution >= 0.6 is 0 Å². The van der Waals surface area contributed by atoms with Crippen LogP contribution in [0.15, 0.2) is 18.2 Å². The molecule has 1 aromatic rings. The third kappa shape index (κ3) is 7.31. The highest BCUT2D eigenvalue weighted by atomic mass is 16.6. The van der Waals surface area contributed by atoms with E-state index in [4.69, 9.17) is 9.47 Å². The van der Waals surface area contributed by atoms with E-state index in [1.54, 1.807) is 17.0 Å². The molecule has 1 aromatic carbocycles. The molecular weight excluding hydrogens is 516 g/mol. The molecule has 5 amide bonds. The van der Waals surface area contributed by atoms with Gasteiger partial charge in [-0.25, -0.2) is 4.79 Å². The molecule has 11 nitrogen and oxygen atoms in total. The minimum atomic E-state index is -0.516. The van der Waals surface area contributed by atoms with E-state index in [1.165, 1.54) is 4.90 Å². The number of amides is 5. The molecule has 0 atom stereocenters. The first kappa shape index (κ1) is 29.4. The van der Waals surface area contributed by atoms with Gasteiger partial charge in [-0.1, -0.05) is 6.07 Å². The Morgan fingerprint density at radius 2 is 1.55 bits per heavy atom. The lowest BCUT2D eigenvalue weighted by Gasteiger charge is -2.37. The molecular formula is C29H40N4O7. The molecule has 3 heterocycles. The SMILES string of the molecule is Cc1ccc(OCC(=O)N2CCC(C(=O)N3CCC(C(=O)OC(C)(C)C)CC3)CC2)cc1N1CCC(=O)NC1=O. The van der Waals surface area contributed by atoms with E-state index >= 15 is 0 Å². The summed E-state index contributed by atoms with van der Waals surface area (Å²) in [6, 6.07) is 4.79. The van der Waals surface area contributed by atoms with Crippen molar-refractivity contribution in [1.29, 1.82) is 0 Å². The number of carbonyl (C=O) groups excluding carboxylic acids is 5. The third-order valence-electron chi connectivity index (χ3n) is 7.63. The van der Waals surface area contributed by atoms with Crippen LogP contribution in [0.1, 0.15) is 58.4 Å². The van der Waals surface area contributed by atoms with Gasteiger partial charge in [0.2, 0.25) is 11.8 Å². The van der Waals surface area contributed by atoms with Crippen LogP contribution in [0.3, 0.4) is 0 Å². The van der Waals surface area contributed by atoms with Gasteiger partial charge in [0, 0.05) is 51.1 Å². The number of piperidine rings is 2. The number of imide groups is 1. The first-order chi connectivity index (χ1) is 18.9. The topological polar surface area (TPSA) is 126 Å². The van der Waals surface area contributed by atoms with Crippen LogP contribution in [0.5, 0.6) is 5.75 Å². The Labute approximate surface area is 235 Å². The Balaban J connectivity index is 1.22. The maximum absolute atomic E-state index is 13.1. The van der Waals surface area contributed by atoms with E-state index in [2.05, 4.69) is 5.32 Å². The summed E-state index contributed by atoms with van der Waals surface area (Å²) in [5.41, 5.74) is 0.964. The average Bonchev–Trinajstić information content (AvgIpc) is 2.91. The molecule has 4 rings (SSSR count). The number of anilines is 1. The number of urea groups is 1. The van der Waals surface area contributed by atoms with Crippen molar-refractivity contribution < 1.29 is 33.4 Å². The van der Waals surface area contributed by atoms with E-state index in [0.29, 0.717) is 63.3 Å². The third-order valence-corrected chi connectivity index (χ3v) is 7.63. The van der Waals surface area contributed by atoms with Gasteiger partial charge in [-0.2, -0.15) is 0 Å². The normalized spacial score (nSPS) is 19.4. The first-order valence-corrected chi connectivity index (χ1v) is 14.1. The Hall–Kier alpha value is -3.63. The van der Waals surface area contributed by atoms with Crippen LogP contribution in [0.2, 0.25) is 0 Å². The van der Waals surface area contributed by atoms with Gasteiger partial charge in [0.05, 0.1) is 11.6 Å². The second-order valence-corrected chi connectivity index (χ2v) is 11.8. The monoisotopic (exact) mass is 556 g/mol. The fourth-order valence-corrected chi connectivity index (χ4v) is 5.35. The quantitative estimate of drug-likeness (QED) is 0.534. The molecule has 0 spiro atoms. The van der Waals surface area contributed by atoms with Crippen molar-refractivity contribution in [3.63, 3.8) is 0 Å². The Morgan fingerprint density at radius 3 is 2.17 bits per heavy atom. The summed E-state index contributed by atoms with van der Waals surface area (Å²) < 4.78 is 11.3. The number of ether oxygens (including phenoxy) is 2. The second-order valence-electron chi connectivity index (χ2n) is 11.8. The molecule has 3 aliphatic heterocycles. The zero-order valence-electron chi connectivity index (χ0n) is 23.9. The van der Waals surface area contributed by atoms with Gasteiger partial charge in [-0.05, 0) is 65.0 Å². The highest BCUT2D eigenvalue weighted by Gasteiger charge is 2.35. The van der Waals surface area contributed by atoms with Crippen molar-refractivity contribution in [2.45, 2.75) is 65.4 Å². The van der Waals surface area contributed by atoms with Gasteiger partial charge in [-0.15, -0.1) is 0 Å². The van der Waals surface area contributed by atoms with Gasteiger partial charge >= 0.3 is 12.0 Å². The fourth-order valence-electron chi connectivity index (χ4n) is 5.35. The van der Waals surface area contributed by atoms with Gasteiger partial charge in [0.1, 0.15) is 11.4 Å². The minimum Gasteiger partial charge on any atom is -0.484 e. The van der Waals surface area contributed by atoms with Crippen LogP contribution < -0.4 is 15.0 Å². The van der Waals surface area contributed by atoms with Crippen LogP contribution in [0.25, 0.3) is 0 Å². The number of esters is 1. The highest BCUT2D eigenvalue weighted by molar-refractivity contribution is 6.06. The van der Waals surface area contributed by atoms with Crippen LogP contribution in [0, 0.1) is 18.8 Å². The molecule has 0 saturated carbocycles. The molecule has 0 unspecified atom stereocenters. The van der Waals surface area contributed by atoms with E-state index < -0.39 is 11.6 Å². The number of hydrogen-bond donors (Lipinski definition) is 1. The summed E-state index contributed by atoms with van der Waals surface area (Å²) >= 11 is 0. The number of nitrogens with one attached hydrogen (secondary N) is 1. The number of benzene rings is 1. The first-order valence-electron chi connectivity index (χ1n) is 14.1. The lowest BCUT2D eigenvalue weighted by atomic mass is 9.92. The second kappa shape index (κ2) is 12.3. The predicted molar refractivity (Wildman–Crippen MR) is 147 cm³/mol. The summed E-state index contributed by atoms with van der Waals surface area (Å²) in [6.45, 7) is 9.61. The Morgan fingerprint density at radius 1 is 0.925 bits per heavy atom. The molecule has 0 bridgehead atoms. The van der Waals surface area contributed by atoms with Gasteiger partial charge in [-0.3, -0.25) is 29.4 Å².